The third kappa shape index (κ3) is 4.20. The Morgan fingerprint density at radius 1 is 1.14 bits per heavy atom. The molecule has 1 amide bonds. The van der Waals surface area contributed by atoms with E-state index < -0.39 is 45.1 Å². The molecule has 0 radical (unpaired) electrons. The number of carbonyl (C=O) groups is 2. The van der Waals surface area contributed by atoms with Crippen molar-refractivity contribution in [1.82, 2.24) is 0 Å². The van der Waals surface area contributed by atoms with Crippen LogP contribution < -0.4 is 9.04 Å². The van der Waals surface area contributed by atoms with Crippen LogP contribution >= 0.6 is 0 Å². The molecule has 0 saturated carbocycles. The summed E-state index contributed by atoms with van der Waals surface area (Å²) in [5.74, 6) is -1.24. The quantitative estimate of drug-likeness (QED) is 0.486. The van der Waals surface area contributed by atoms with E-state index in [0.29, 0.717) is 16.9 Å². The SMILES string of the molecule is COC(=O)c1c(N(C(=O)OC)S(=O)(=O)c2ccc(F)cc2C=CCO)ccc2c1OCc1occc1-2. The lowest BCUT2D eigenvalue weighted by molar-refractivity contribution is 0.0596. The number of sulfonamides is 1. The van der Waals surface area contributed by atoms with Gasteiger partial charge in [-0.15, -0.1) is 0 Å². The maximum atomic E-state index is 13.9. The van der Waals surface area contributed by atoms with E-state index in [1.807, 2.05) is 0 Å². The zero-order chi connectivity index (χ0) is 26.0. The number of hydrogen-bond donors (Lipinski definition) is 1. The predicted octanol–water partition coefficient (Wildman–Crippen LogP) is 3.73. The van der Waals surface area contributed by atoms with E-state index >= 15 is 0 Å². The Kier molecular flexibility index (Phi) is 6.82. The van der Waals surface area contributed by atoms with Gasteiger partial charge in [-0.05, 0) is 42.0 Å². The number of hydrogen-bond acceptors (Lipinski definition) is 9. The third-order valence-corrected chi connectivity index (χ3v) is 7.11. The number of ether oxygens (including phenoxy) is 3. The van der Waals surface area contributed by atoms with Gasteiger partial charge in [0.15, 0.2) is 0 Å². The molecule has 0 fully saturated rings. The molecule has 10 nitrogen and oxygen atoms in total. The van der Waals surface area contributed by atoms with Crippen LogP contribution in [0.25, 0.3) is 17.2 Å². The number of aliphatic hydroxyl groups excluding tert-OH is 1. The Morgan fingerprint density at radius 3 is 2.61 bits per heavy atom. The Balaban J connectivity index is 1.99. The minimum absolute atomic E-state index is 0.0168. The number of aliphatic hydroxyl groups is 1. The van der Waals surface area contributed by atoms with Crippen molar-refractivity contribution in [3.63, 3.8) is 0 Å². The molecule has 0 aliphatic carbocycles. The molecule has 1 aliphatic heterocycles. The number of nitrogens with zero attached hydrogens (tertiary/aromatic N) is 1. The Bertz CT molecular complexity index is 1480. The summed E-state index contributed by atoms with van der Waals surface area (Å²) in [6.45, 7) is -0.497. The van der Waals surface area contributed by atoms with Crippen molar-refractivity contribution in [2.45, 2.75) is 11.5 Å². The van der Waals surface area contributed by atoms with E-state index in [-0.39, 0.29) is 27.8 Å². The number of furan rings is 1. The first kappa shape index (κ1) is 24.9. The van der Waals surface area contributed by atoms with Gasteiger partial charge in [0.2, 0.25) is 0 Å². The smallest absolute Gasteiger partial charge is 0.428 e. The molecule has 2 aromatic carbocycles. The van der Waals surface area contributed by atoms with Crippen molar-refractivity contribution in [3.8, 4) is 16.9 Å². The number of esters is 1. The number of fused-ring (bicyclic) bond motifs is 3. The normalized spacial score (nSPS) is 12.4. The lowest BCUT2D eigenvalue weighted by Crippen LogP contribution is -2.38. The lowest BCUT2D eigenvalue weighted by Gasteiger charge is -2.27. The standard InChI is InChI=1S/C24H20FNO9S/c1-32-23(28)21-18(7-6-17-16-9-11-34-19(16)13-35-22(17)21)26(24(29)33-2)36(30,31)20-8-5-15(25)12-14(20)4-3-10-27/h3-9,11-12,27H,10,13H2,1-2H3. The fourth-order valence-corrected chi connectivity index (χ4v) is 5.35. The molecule has 3 aromatic rings. The van der Waals surface area contributed by atoms with Crippen LogP contribution in [0.3, 0.4) is 0 Å². The number of benzene rings is 2. The van der Waals surface area contributed by atoms with E-state index in [2.05, 4.69) is 0 Å². The minimum Gasteiger partial charge on any atom is -0.484 e. The molecular weight excluding hydrogens is 497 g/mol. The van der Waals surface area contributed by atoms with Crippen LogP contribution in [-0.2, 0) is 26.1 Å². The lowest BCUT2D eigenvalue weighted by atomic mass is 9.98. The van der Waals surface area contributed by atoms with Gasteiger partial charge in [-0.3, -0.25) is 0 Å². The summed E-state index contributed by atoms with van der Waals surface area (Å²) in [6.07, 6.45) is 2.48. The second-order valence-electron chi connectivity index (χ2n) is 7.38. The summed E-state index contributed by atoms with van der Waals surface area (Å²) < 4.78 is 62.5. The second kappa shape index (κ2) is 9.84. The van der Waals surface area contributed by atoms with E-state index in [1.165, 1.54) is 30.5 Å². The number of carbonyl (C=O) groups excluding carboxylic acids is 2. The first-order chi connectivity index (χ1) is 17.2. The molecule has 2 heterocycles. The van der Waals surface area contributed by atoms with Crippen LogP contribution in [0.2, 0.25) is 0 Å². The van der Waals surface area contributed by atoms with Gasteiger partial charge < -0.3 is 23.7 Å². The van der Waals surface area contributed by atoms with E-state index in [1.54, 1.807) is 6.07 Å². The van der Waals surface area contributed by atoms with Crippen molar-refractivity contribution in [2.75, 3.05) is 25.1 Å². The first-order valence-corrected chi connectivity index (χ1v) is 11.8. The molecule has 36 heavy (non-hydrogen) atoms. The van der Waals surface area contributed by atoms with Crippen LogP contribution in [0.4, 0.5) is 14.9 Å². The van der Waals surface area contributed by atoms with Crippen molar-refractivity contribution < 1.29 is 46.1 Å². The van der Waals surface area contributed by atoms with Crippen molar-refractivity contribution >= 4 is 33.8 Å². The number of halogens is 1. The van der Waals surface area contributed by atoms with Crippen molar-refractivity contribution in [3.05, 3.63) is 71.4 Å². The second-order valence-corrected chi connectivity index (χ2v) is 9.14. The van der Waals surface area contributed by atoms with Gasteiger partial charge in [0, 0.05) is 11.1 Å². The average Bonchev–Trinajstić information content (AvgIpc) is 3.35. The average molecular weight is 517 g/mol. The Morgan fingerprint density at radius 2 is 1.92 bits per heavy atom. The molecular formula is C24H20FNO9S. The predicted molar refractivity (Wildman–Crippen MR) is 124 cm³/mol. The molecule has 1 aliphatic rings. The molecule has 0 unspecified atom stereocenters. The molecule has 188 valence electrons. The highest BCUT2D eigenvalue weighted by atomic mass is 32.2. The monoisotopic (exact) mass is 517 g/mol. The van der Waals surface area contributed by atoms with E-state index in [9.17, 15) is 22.4 Å². The summed E-state index contributed by atoms with van der Waals surface area (Å²) in [6, 6.07) is 7.14. The van der Waals surface area contributed by atoms with Gasteiger partial charge in [0.25, 0.3) is 10.0 Å². The van der Waals surface area contributed by atoms with Gasteiger partial charge in [-0.1, -0.05) is 12.2 Å². The highest BCUT2D eigenvalue weighted by Crippen LogP contribution is 2.45. The van der Waals surface area contributed by atoms with Gasteiger partial charge in [0.1, 0.15) is 29.5 Å². The highest BCUT2D eigenvalue weighted by Gasteiger charge is 2.39. The van der Waals surface area contributed by atoms with Gasteiger partial charge in [-0.25, -0.2) is 22.4 Å². The van der Waals surface area contributed by atoms with Gasteiger partial charge in [-0.2, -0.15) is 4.31 Å². The van der Waals surface area contributed by atoms with E-state index in [0.717, 1.165) is 32.4 Å². The highest BCUT2D eigenvalue weighted by molar-refractivity contribution is 7.93. The zero-order valence-electron chi connectivity index (χ0n) is 19.1. The Hall–Kier alpha value is -4.16. The summed E-state index contributed by atoms with van der Waals surface area (Å²) >= 11 is 0. The molecule has 0 atom stereocenters. The maximum Gasteiger partial charge on any atom is 0.428 e. The number of amides is 1. The first-order valence-electron chi connectivity index (χ1n) is 10.4. The number of methoxy groups -OCH3 is 2. The third-order valence-electron chi connectivity index (χ3n) is 5.36. The summed E-state index contributed by atoms with van der Waals surface area (Å²) in [7, 11) is -2.75. The summed E-state index contributed by atoms with van der Waals surface area (Å²) in [4.78, 5) is 25.3. The van der Waals surface area contributed by atoms with Crippen LogP contribution in [0.1, 0.15) is 21.7 Å². The van der Waals surface area contributed by atoms with Gasteiger partial charge >= 0.3 is 12.1 Å². The van der Waals surface area contributed by atoms with Crippen LogP contribution in [-0.4, -0.2) is 46.4 Å². The zero-order valence-corrected chi connectivity index (χ0v) is 19.9. The Labute approximate surface area is 205 Å². The molecule has 0 saturated heterocycles. The largest absolute Gasteiger partial charge is 0.484 e. The maximum absolute atomic E-state index is 13.9. The van der Waals surface area contributed by atoms with E-state index in [4.69, 9.17) is 23.7 Å². The number of anilines is 1. The summed E-state index contributed by atoms with van der Waals surface area (Å²) in [5.41, 5.74) is 0.154. The van der Waals surface area contributed by atoms with Crippen molar-refractivity contribution in [1.29, 1.82) is 0 Å². The minimum atomic E-state index is -4.81. The summed E-state index contributed by atoms with van der Waals surface area (Å²) in [5, 5.41) is 9.11. The van der Waals surface area contributed by atoms with Crippen LogP contribution in [0.15, 0.2) is 58.1 Å². The number of rotatable bonds is 6. The van der Waals surface area contributed by atoms with Crippen LogP contribution in [0.5, 0.6) is 5.75 Å². The molecule has 0 bridgehead atoms. The topological polar surface area (TPSA) is 133 Å². The van der Waals surface area contributed by atoms with Crippen LogP contribution in [0, 0.1) is 5.82 Å². The molecule has 12 heteroatoms. The van der Waals surface area contributed by atoms with Gasteiger partial charge in [0.05, 0.1) is 37.7 Å². The fourth-order valence-electron chi connectivity index (χ4n) is 3.80. The molecule has 0 spiro atoms. The molecule has 1 N–H and O–H groups in total. The molecule has 1 aromatic heterocycles. The van der Waals surface area contributed by atoms with Crippen molar-refractivity contribution in [2.24, 2.45) is 0 Å². The molecule has 4 rings (SSSR count). The fraction of sp³-hybridized carbons (Fsp3) is 0.167.